The van der Waals surface area contributed by atoms with Crippen LogP contribution in [0.5, 0.6) is 0 Å². The molecule has 0 aromatic carbocycles. The Bertz CT molecular complexity index is 274. The third kappa shape index (κ3) is 6.41. The topological polar surface area (TPSA) is 72.2 Å². The van der Waals surface area contributed by atoms with Gasteiger partial charge in [0.25, 0.3) is 0 Å². The van der Waals surface area contributed by atoms with Crippen molar-refractivity contribution >= 4 is 12.2 Å². The summed E-state index contributed by atoms with van der Waals surface area (Å²) < 4.78 is 0. The summed E-state index contributed by atoms with van der Waals surface area (Å²) in [6, 6.07) is -1.21. The van der Waals surface area contributed by atoms with Gasteiger partial charge in [0.2, 0.25) is 12.2 Å². The summed E-state index contributed by atoms with van der Waals surface area (Å²) in [7, 11) is 0. The molecule has 0 aliphatic carbocycles. The highest BCUT2D eigenvalue weighted by Gasteiger charge is 2.30. The summed E-state index contributed by atoms with van der Waals surface area (Å²) in [5.74, 6) is -0.296. The summed E-state index contributed by atoms with van der Waals surface area (Å²) in [6.45, 7) is 11.7. The smallest absolute Gasteiger partial charge is 0.238 e. The van der Waals surface area contributed by atoms with E-state index in [1.54, 1.807) is 0 Å². The van der Waals surface area contributed by atoms with E-state index in [0.29, 0.717) is 6.42 Å². The van der Waals surface area contributed by atoms with Crippen LogP contribution in [-0.4, -0.2) is 24.3 Å². The molecule has 1 amide bonds. The van der Waals surface area contributed by atoms with Gasteiger partial charge in [0.05, 0.1) is 12.1 Å². The first-order chi connectivity index (χ1) is 7.47. The fraction of sp³-hybridized carbons (Fsp3) is 0.846. The lowest BCUT2D eigenvalue weighted by molar-refractivity contribution is -0.124. The van der Waals surface area contributed by atoms with Crippen molar-refractivity contribution < 1.29 is 9.59 Å². The van der Waals surface area contributed by atoms with Gasteiger partial charge in [-0.2, -0.15) is 0 Å². The molecule has 0 heterocycles. The van der Waals surface area contributed by atoms with E-state index in [-0.39, 0.29) is 16.7 Å². The fourth-order valence-corrected chi connectivity index (χ4v) is 1.39. The maximum atomic E-state index is 11.8. The maximum Gasteiger partial charge on any atom is 0.238 e. The number of carbonyl (C=O) groups is 1. The molecule has 17 heavy (non-hydrogen) atoms. The zero-order valence-electron chi connectivity index (χ0n) is 11.8. The second-order valence-electron chi connectivity index (χ2n) is 6.79. The van der Waals surface area contributed by atoms with Gasteiger partial charge in [-0.1, -0.05) is 41.5 Å². The molecule has 0 aromatic rings. The minimum absolute atomic E-state index is 0.0405. The molecule has 1 radical (unpaired) electrons. The summed E-state index contributed by atoms with van der Waals surface area (Å²) in [5.41, 5.74) is 5.46. The Balaban J connectivity index is 4.50. The van der Waals surface area contributed by atoms with Gasteiger partial charge in [-0.05, 0) is 17.3 Å². The highest BCUT2D eigenvalue weighted by molar-refractivity contribution is 5.84. The molecular formula is C13H25N2O2. The second-order valence-corrected chi connectivity index (χ2v) is 6.79. The highest BCUT2D eigenvalue weighted by Crippen LogP contribution is 2.21. The number of hydrogen-bond acceptors (Lipinski definition) is 3. The lowest BCUT2D eigenvalue weighted by Crippen LogP contribution is -2.52. The Morgan fingerprint density at radius 3 is 2.00 bits per heavy atom. The van der Waals surface area contributed by atoms with E-state index in [1.807, 2.05) is 47.8 Å². The van der Waals surface area contributed by atoms with Crippen molar-refractivity contribution in [3.05, 3.63) is 0 Å². The van der Waals surface area contributed by atoms with Crippen molar-refractivity contribution in [2.24, 2.45) is 16.6 Å². The fourth-order valence-electron chi connectivity index (χ4n) is 1.39. The molecular weight excluding hydrogens is 216 g/mol. The Morgan fingerprint density at radius 1 is 1.24 bits per heavy atom. The third-order valence-corrected chi connectivity index (χ3v) is 2.49. The molecule has 0 bridgehead atoms. The van der Waals surface area contributed by atoms with Crippen molar-refractivity contribution in [3.63, 3.8) is 0 Å². The molecule has 4 heteroatoms. The predicted octanol–water partition coefficient (Wildman–Crippen LogP) is 1.39. The van der Waals surface area contributed by atoms with E-state index in [9.17, 15) is 9.59 Å². The largest absolute Gasteiger partial charge is 0.344 e. The predicted molar refractivity (Wildman–Crippen MR) is 69.1 cm³/mol. The Kier molecular flexibility index (Phi) is 5.33. The van der Waals surface area contributed by atoms with Gasteiger partial charge in [-0.25, -0.2) is 0 Å². The Labute approximate surface area is 104 Å². The quantitative estimate of drug-likeness (QED) is 0.781. The van der Waals surface area contributed by atoms with Gasteiger partial charge in [0.1, 0.15) is 0 Å². The average molecular weight is 241 g/mol. The zero-order valence-corrected chi connectivity index (χ0v) is 11.8. The lowest BCUT2D eigenvalue weighted by Gasteiger charge is -2.28. The minimum Gasteiger partial charge on any atom is -0.344 e. The van der Waals surface area contributed by atoms with Gasteiger partial charge < -0.3 is 11.1 Å². The van der Waals surface area contributed by atoms with Gasteiger partial charge in [-0.15, -0.1) is 0 Å². The number of rotatable bonds is 4. The van der Waals surface area contributed by atoms with Crippen LogP contribution in [0, 0.1) is 10.8 Å². The molecule has 0 rings (SSSR count). The van der Waals surface area contributed by atoms with E-state index in [1.165, 1.54) is 0 Å². The van der Waals surface area contributed by atoms with Crippen molar-refractivity contribution in [2.45, 2.75) is 60.0 Å². The molecule has 0 aliphatic heterocycles. The molecule has 0 spiro atoms. The maximum absolute atomic E-state index is 11.8. The number of hydrogen-bond donors (Lipinski definition) is 2. The van der Waals surface area contributed by atoms with E-state index in [4.69, 9.17) is 5.73 Å². The van der Waals surface area contributed by atoms with Crippen LogP contribution >= 0.6 is 0 Å². The molecule has 99 valence electrons. The molecule has 2 atom stereocenters. The number of amides is 1. The third-order valence-electron chi connectivity index (χ3n) is 2.49. The number of nitrogens with two attached hydrogens (primary N) is 1. The summed E-state index contributed by atoms with van der Waals surface area (Å²) in [4.78, 5) is 22.6. The average Bonchev–Trinajstić information content (AvgIpc) is 2.11. The Morgan fingerprint density at radius 2 is 1.71 bits per heavy atom. The zero-order chi connectivity index (χ0) is 13.9. The van der Waals surface area contributed by atoms with Crippen LogP contribution in [0.1, 0.15) is 48.0 Å². The van der Waals surface area contributed by atoms with Gasteiger partial charge in [0.15, 0.2) is 0 Å². The van der Waals surface area contributed by atoms with Crippen LogP contribution in [0.15, 0.2) is 0 Å². The van der Waals surface area contributed by atoms with E-state index in [0.717, 1.165) is 0 Å². The van der Waals surface area contributed by atoms with Gasteiger partial charge in [0, 0.05) is 0 Å². The molecule has 0 saturated heterocycles. The van der Waals surface area contributed by atoms with Crippen molar-refractivity contribution in [3.8, 4) is 0 Å². The van der Waals surface area contributed by atoms with Crippen LogP contribution < -0.4 is 11.1 Å². The SMILES string of the molecule is CC(C)(C)C[C@@H]([C]=O)NC(=O)[C@@H](N)C(C)(C)C. The van der Waals surface area contributed by atoms with Crippen LogP contribution in [0.4, 0.5) is 0 Å². The highest BCUT2D eigenvalue weighted by atomic mass is 16.2. The molecule has 0 unspecified atom stereocenters. The van der Waals surface area contributed by atoms with Crippen molar-refractivity contribution in [1.29, 1.82) is 0 Å². The molecule has 4 nitrogen and oxygen atoms in total. The lowest BCUT2D eigenvalue weighted by atomic mass is 9.85. The van der Waals surface area contributed by atoms with Gasteiger partial charge in [-0.3, -0.25) is 9.59 Å². The summed E-state index contributed by atoms with van der Waals surface area (Å²) in [5, 5.41) is 2.64. The molecule has 0 saturated carbocycles. The van der Waals surface area contributed by atoms with Gasteiger partial charge >= 0.3 is 0 Å². The number of carbonyl (C=O) groups excluding carboxylic acids is 2. The van der Waals surface area contributed by atoms with E-state index >= 15 is 0 Å². The summed E-state index contributed by atoms with van der Waals surface area (Å²) in [6.07, 6.45) is 2.41. The monoisotopic (exact) mass is 241 g/mol. The van der Waals surface area contributed by atoms with Crippen LogP contribution in [0.25, 0.3) is 0 Å². The van der Waals surface area contributed by atoms with E-state index < -0.39 is 12.1 Å². The van der Waals surface area contributed by atoms with Crippen molar-refractivity contribution in [1.82, 2.24) is 5.32 Å². The minimum atomic E-state index is -0.627. The number of nitrogens with one attached hydrogen (secondary N) is 1. The molecule has 0 aromatic heterocycles. The van der Waals surface area contributed by atoms with E-state index in [2.05, 4.69) is 5.32 Å². The van der Waals surface area contributed by atoms with Crippen LogP contribution in [0.2, 0.25) is 0 Å². The second kappa shape index (κ2) is 5.63. The standard InChI is InChI=1S/C13H25N2O2/c1-12(2,3)7-9(8-16)15-11(17)10(14)13(4,5)6/h9-10H,7,14H2,1-6H3,(H,15,17)/t9-,10+/m0/s1. The van der Waals surface area contributed by atoms with Crippen LogP contribution in [-0.2, 0) is 9.59 Å². The first-order valence-electron chi connectivity index (χ1n) is 5.91. The first kappa shape index (κ1) is 16.1. The normalized spacial score (nSPS) is 16.2. The molecule has 0 aliphatic rings. The Hall–Kier alpha value is -0.900. The van der Waals surface area contributed by atoms with Crippen molar-refractivity contribution in [2.75, 3.05) is 0 Å². The molecule has 3 N–H and O–H groups in total. The first-order valence-corrected chi connectivity index (χ1v) is 5.91. The van der Waals surface area contributed by atoms with Crippen LogP contribution in [0.3, 0.4) is 0 Å². The molecule has 0 fully saturated rings. The summed E-state index contributed by atoms with van der Waals surface area (Å²) >= 11 is 0.